The highest BCUT2D eigenvalue weighted by atomic mass is 79.9. The van der Waals surface area contributed by atoms with Gasteiger partial charge in [0.15, 0.2) is 0 Å². The van der Waals surface area contributed by atoms with Gasteiger partial charge in [-0.05, 0) is 18.2 Å². The molecule has 0 amide bonds. The van der Waals surface area contributed by atoms with E-state index in [1.165, 1.54) is 6.07 Å². The van der Waals surface area contributed by atoms with Crippen LogP contribution >= 0.6 is 15.9 Å². The van der Waals surface area contributed by atoms with Gasteiger partial charge in [-0.2, -0.15) is 13.2 Å². The van der Waals surface area contributed by atoms with Crippen LogP contribution in [0.15, 0.2) is 22.7 Å². The van der Waals surface area contributed by atoms with E-state index in [9.17, 15) is 13.2 Å². The Morgan fingerprint density at radius 3 is 2.53 bits per heavy atom. The summed E-state index contributed by atoms with van der Waals surface area (Å²) in [5, 5.41) is 2.68. The topological polar surface area (TPSA) is 12.0 Å². The smallest absolute Gasteiger partial charge is 0.374 e. The predicted molar refractivity (Wildman–Crippen MR) is 56.5 cm³/mol. The van der Waals surface area contributed by atoms with Crippen molar-refractivity contribution < 1.29 is 13.2 Å². The van der Waals surface area contributed by atoms with Gasteiger partial charge in [0.25, 0.3) is 0 Å². The largest absolute Gasteiger partial charge is 0.416 e. The van der Waals surface area contributed by atoms with Crippen molar-refractivity contribution in [2.24, 2.45) is 0 Å². The minimum atomic E-state index is -4.35. The maximum Gasteiger partial charge on any atom is 0.416 e. The summed E-state index contributed by atoms with van der Waals surface area (Å²) >= 11 is 3.01. The molecule has 0 fully saturated rings. The van der Waals surface area contributed by atoms with Crippen molar-refractivity contribution >= 4 is 21.6 Å². The fourth-order valence-corrected chi connectivity index (χ4v) is 1.50. The third kappa shape index (κ3) is 3.48. The van der Waals surface area contributed by atoms with Crippen LogP contribution in [0.1, 0.15) is 5.56 Å². The van der Waals surface area contributed by atoms with Gasteiger partial charge in [-0.25, -0.2) is 0 Å². The Kier molecular flexibility index (Phi) is 3.64. The first-order valence-electron chi connectivity index (χ1n) is 3.98. The molecular weight excluding hydrogens is 271 g/mol. The minimum Gasteiger partial charge on any atom is -0.374 e. The molecule has 1 aromatic carbocycles. The Morgan fingerprint density at radius 2 is 2.00 bits per heavy atom. The second-order valence-corrected chi connectivity index (χ2v) is 3.70. The Balaban J connectivity index is 3.01. The van der Waals surface area contributed by atoms with Gasteiger partial charge in [0.1, 0.15) is 0 Å². The zero-order valence-corrected chi connectivity index (χ0v) is 9.11. The normalized spacial score (nSPS) is 10.9. The molecule has 1 rings (SSSR count). The maximum atomic E-state index is 12.4. The van der Waals surface area contributed by atoms with E-state index in [-0.39, 0.29) is 6.54 Å². The summed E-state index contributed by atoms with van der Waals surface area (Å²) in [5.41, 5.74) is -0.369. The molecule has 0 spiro atoms. The lowest BCUT2D eigenvalue weighted by Crippen LogP contribution is -2.06. The fraction of sp³-hybridized carbons (Fsp3) is 0.200. The predicted octanol–water partition coefficient (Wildman–Crippen LogP) is 3.51. The molecule has 0 bridgehead atoms. The summed E-state index contributed by atoms with van der Waals surface area (Å²) in [7, 11) is 0. The Morgan fingerprint density at radius 1 is 1.33 bits per heavy atom. The molecule has 0 unspecified atom stereocenters. The van der Waals surface area contributed by atoms with Gasteiger partial charge in [0.2, 0.25) is 0 Å². The zero-order chi connectivity index (χ0) is 11.5. The molecule has 0 aliphatic carbocycles. The summed E-state index contributed by atoms with van der Waals surface area (Å²) in [6.45, 7) is 0.188. The van der Waals surface area contributed by atoms with Crippen LogP contribution in [0.2, 0.25) is 0 Å². The molecule has 0 radical (unpaired) electrons. The summed E-state index contributed by atoms with van der Waals surface area (Å²) in [6.07, 6.45) is 0.641. The second-order valence-electron chi connectivity index (χ2n) is 2.78. The highest BCUT2D eigenvalue weighted by molar-refractivity contribution is 9.10. The lowest BCUT2D eigenvalue weighted by Gasteiger charge is -2.10. The third-order valence-electron chi connectivity index (χ3n) is 1.62. The van der Waals surface area contributed by atoms with Crippen LogP contribution in [0.4, 0.5) is 18.9 Å². The van der Waals surface area contributed by atoms with Crippen LogP contribution < -0.4 is 5.32 Å². The van der Waals surface area contributed by atoms with Crippen molar-refractivity contribution in [1.29, 1.82) is 0 Å². The van der Waals surface area contributed by atoms with Crippen LogP contribution in [0.25, 0.3) is 0 Å². The number of benzene rings is 1. The van der Waals surface area contributed by atoms with E-state index < -0.39 is 11.7 Å². The number of rotatable bonds is 2. The van der Waals surface area contributed by atoms with Crippen molar-refractivity contribution in [1.82, 2.24) is 0 Å². The molecule has 0 aromatic heterocycles. The highest BCUT2D eigenvalue weighted by Crippen LogP contribution is 2.33. The first kappa shape index (κ1) is 11.9. The fourth-order valence-electron chi connectivity index (χ4n) is 1.01. The number of hydrogen-bond acceptors (Lipinski definition) is 1. The van der Waals surface area contributed by atoms with Gasteiger partial charge in [-0.15, -0.1) is 6.42 Å². The molecule has 0 aliphatic heterocycles. The number of hydrogen-bond donors (Lipinski definition) is 1. The molecule has 15 heavy (non-hydrogen) atoms. The molecular formula is C10H7BrF3N. The first-order valence-corrected chi connectivity index (χ1v) is 4.78. The van der Waals surface area contributed by atoms with Crippen molar-refractivity contribution in [3.8, 4) is 12.3 Å². The SMILES string of the molecule is C#CCNc1cc(Br)cc(C(F)(F)F)c1. The van der Waals surface area contributed by atoms with Crippen LogP contribution in [0.3, 0.4) is 0 Å². The molecule has 5 heteroatoms. The summed E-state index contributed by atoms with van der Waals surface area (Å²) in [5.74, 6) is 2.29. The third-order valence-corrected chi connectivity index (χ3v) is 2.08. The minimum absolute atomic E-state index is 0.188. The average Bonchev–Trinajstić information content (AvgIpc) is 2.12. The molecule has 0 aliphatic rings. The average molecular weight is 278 g/mol. The molecule has 0 saturated heterocycles. The van der Waals surface area contributed by atoms with Crippen molar-refractivity contribution in [2.45, 2.75) is 6.18 Å². The number of anilines is 1. The van der Waals surface area contributed by atoms with Gasteiger partial charge in [0.05, 0.1) is 12.1 Å². The quantitative estimate of drug-likeness (QED) is 0.816. The van der Waals surface area contributed by atoms with E-state index in [1.807, 2.05) is 0 Å². The van der Waals surface area contributed by atoms with Crippen molar-refractivity contribution in [2.75, 3.05) is 11.9 Å². The van der Waals surface area contributed by atoms with Gasteiger partial charge >= 0.3 is 6.18 Å². The summed E-state index contributed by atoms with van der Waals surface area (Å²) in [6, 6.07) is 3.57. The summed E-state index contributed by atoms with van der Waals surface area (Å²) in [4.78, 5) is 0. The zero-order valence-electron chi connectivity index (χ0n) is 7.53. The van der Waals surface area contributed by atoms with Crippen LogP contribution in [-0.2, 0) is 6.18 Å². The van der Waals surface area contributed by atoms with Gasteiger partial charge in [0, 0.05) is 10.2 Å². The Hall–Kier alpha value is -1.15. The second kappa shape index (κ2) is 4.58. The summed E-state index contributed by atoms with van der Waals surface area (Å²) < 4.78 is 37.5. The van der Waals surface area contributed by atoms with Crippen molar-refractivity contribution in [3.05, 3.63) is 28.2 Å². The lowest BCUT2D eigenvalue weighted by atomic mass is 10.2. The maximum absolute atomic E-state index is 12.4. The van der Waals surface area contributed by atoms with Gasteiger partial charge in [-0.1, -0.05) is 21.9 Å². The molecule has 80 valence electrons. The van der Waals surface area contributed by atoms with Crippen LogP contribution in [-0.4, -0.2) is 6.54 Å². The van der Waals surface area contributed by atoms with E-state index in [1.54, 1.807) is 0 Å². The van der Waals surface area contributed by atoms with Crippen molar-refractivity contribution in [3.63, 3.8) is 0 Å². The monoisotopic (exact) mass is 277 g/mol. The lowest BCUT2D eigenvalue weighted by molar-refractivity contribution is -0.137. The number of nitrogens with one attached hydrogen (secondary N) is 1. The van der Waals surface area contributed by atoms with E-state index in [4.69, 9.17) is 6.42 Å². The van der Waals surface area contributed by atoms with Gasteiger partial charge in [-0.3, -0.25) is 0 Å². The van der Waals surface area contributed by atoms with Crippen LogP contribution in [0.5, 0.6) is 0 Å². The van der Waals surface area contributed by atoms with E-state index in [0.29, 0.717) is 10.2 Å². The van der Waals surface area contributed by atoms with E-state index in [0.717, 1.165) is 12.1 Å². The molecule has 0 heterocycles. The molecule has 0 saturated carbocycles. The Bertz CT molecular complexity index is 393. The highest BCUT2D eigenvalue weighted by Gasteiger charge is 2.30. The van der Waals surface area contributed by atoms with Crippen LogP contribution in [0, 0.1) is 12.3 Å². The van der Waals surface area contributed by atoms with E-state index >= 15 is 0 Å². The molecule has 1 nitrogen and oxygen atoms in total. The number of halogens is 4. The van der Waals surface area contributed by atoms with E-state index in [2.05, 4.69) is 27.2 Å². The Labute approximate surface area is 93.8 Å². The van der Waals surface area contributed by atoms with Gasteiger partial charge < -0.3 is 5.32 Å². The number of terminal acetylenes is 1. The number of alkyl halides is 3. The molecule has 1 aromatic rings. The standard InChI is InChI=1S/C10H7BrF3N/c1-2-3-15-9-5-7(10(12,13)14)4-8(11)6-9/h1,4-6,15H,3H2. The molecule has 0 atom stereocenters. The first-order chi connectivity index (χ1) is 6.93. The molecule has 1 N–H and O–H groups in total.